The summed E-state index contributed by atoms with van der Waals surface area (Å²) in [7, 11) is 0. The van der Waals surface area contributed by atoms with Crippen LogP contribution < -0.4 is 10.1 Å². The summed E-state index contributed by atoms with van der Waals surface area (Å²) in [5.41, 5.74) is 1.13. The number of hydrogen-bond donors (Lipinski definition) is 2. The van der Waals surface area contributed by atoms with Crippen molar-refractivity contribution >= 4 is 5.91 Å². The van der Waals surface area contributed by atoms with Gasteiger partial charge < -0.3 is 15.2 Å². The quantitative estimate of drug-likeness (QED) is 0.783. The Morgan fingerprint density at radius 1 is 1.71 bits per heavy atom. The van der Waals surface area contributed by atoms with Crippen LogP contribution in [0.1, 0.15) is 29.4 Å². The van der Waals surface area contributed by atoms with Crippen LogP contribution in [0.4, 0.5) is 0 Å². The highest BCUT2D eigenvalue weighted by Crippen LogP contribution is 2.24. The number of nitrogens with zero attached hydrogens (tertiary/aromatic N) is 2. The van der Waals surface area contributed by atoms with E-state index in [1.807, 2.05) is 6.92 Å². The second kappa shape index (κ2) is 4.75. The minimum Gasteiger partial charge on any atom is -0.478 e. The Morgan fingerprint density at radius 2 is 2.47 bits per heavy atom. The molecule has 0 fully saturated rings. The van der Waals surface area contributed by atoms with E-state index in [0.29, 0.717) is 18.2 Å². The SMILES string of the molecule is Cc1c(C(=O)NCC(C)O)nn2c1OCCC2. The van der Waals surface area contributed by atoms with E-state index < -0.39 is 6.10 Å². The van der Waals surface area contributed by atoms with Gasteiger partial charge in [0.05, 0.1) is 12.7 Å². The lowest BCUT2D eigenvalue weighted by Crippen LogP contribution is -2.31. The number of aryl methyl sites for hydroxylation is 1. The third kappa shape index (κ3) is 2.41. The van der Waals surface area contributed by atoms with Gasteiger partial charge in [0.15, 0.2) is 5.69 Å². The smallest absolute Gasteiger partial charge is 0.272 e. The number of carbonyl (C=O) groups is 1. The lowest BCUT2D eigenvalue weighted by atomic mass is 10.2. The van der Waals surface area contributed by atoms with Gasteiger partial charge in [-0.2, -0.15) is 5.10 Å². The first-order valence-corrected chi connectivity index (χ1v) is 5.76. The van der Waals surface area contributed by atoms with Crippen molar-refractivity contribution in [1.82, 2.24) is 15.1 Å². The second-order valence-electron chi connectivity index (χ2n) is 4.26. The summed E-state index contributed by atoms with van der Waals surface area (Å²) < 4.78 is 7.20. The van der Waals surface area contributed by atoms with Crippen molar-refractivity contribution in [2.75, 3.05) is 13.2 Å². The molecule has 0 aromatic carbocycles. The van der Waals surface area contributed by atoms with Crippen molar-refractivity contribution in [2.45, 2.75) is 32.9 Å². The van der Waals surface area contributed by atoms with Crippen LogP contribution in [0.25, 0.3) is 0 Å². The summed E-state index contributed by atoms with van der Waals surface area (Å²) in [6.07, 6.45) is 0.343. The Bertz CT molecular complexity index is 426. The van der Waals surface area contributed by atoms with E-state index in [9.17, 15) is 4.79 Å². The van der Waals surface area contributed by atoms with Crippen molar-refractivity contribution in [3.8, 4) is 5.88 Å². The van der Waals surface area contributed by atoms with Gasteiger partial charge in [-0.1, -0.05) is 0 Å². The van der Waals surface area contributed by atoms with Gasteiger partial charge in [-0.25, -0.2) is 4.68 Å². The maximum absolute atomic E-state index is 11.8. The third-order valence-electron chi connectivity index (χ3n) is 2.66. The Kier molecular flexibility index (Phi) is 3.33. The van der Waals surface area contributed by atoms with Crippen LogP contribution in [0.2, 0.25) is 0 Å². The number of aromatic nitrogens is 2. The molecule has 1 amide bonds. The lowest BCUT2D eigenvalue weighted by molar-refractivity contribution is 0.0917. The Balaban J connectivity index is 2.15. The monoisotopic (exact) mass is 239 g/mol. The normalized spacial score (nSPS) is 15.9. The molecule has 0 spiro atoms. The van der Waals surface area contributed by atoms with E-state index >= 15 is 0 Å². The highest BCUT2D eigenvalue weighted by molar-refractivity contribution is 5.94. The average Bonchev–Trinajstić information content (AvgIpc) is 2.64. The van der Waals surface area contributed by atoms with E-state index in [1.54, 1.807) is 11.6 Å². The molecule has 0 aliphatic carbocycles. The van der Waals surface area contributed by atoms with Crippen LogP contribution in [0.5, 0.6) is 5.88 Å². The molecular weight excluding hydrogens is 222 g/mol. The van der Waals surface area contributed by atoms with Gasteiger partial charge in [-0.15, -0.1) is 0 Å². The largest absolute Gasteiger partial charge is 0.478 e. The zero-order valence-electron chi connectivity index (χ0n) is 10.1. The van der Waals surface area contributed by atoms with Gasteiger partial charge in [0, 0.05) is 25.1 Å². The number of aliphatic hydroxyl groups is 1. The highest BCUT2D eigenvalue weighted by Gasteiger charge is 2.23. The Morgan fingerprint density at radius 3 is 3.12 bits per heavy atom. The maximum Gasteiger partial charge on any atom is 0.272 e. The molecule has 1 aromatic rings. The third-order valence-corrected chi connectivity index (χ3v) is 2.66. The summed E-state index contributed by atoms with van der Waals surface area (Å²) in [6.45, 7) is 5.11. The first kappa shape index (κ1) is 11.9. The predicted molar refractivity (Wildman–Crippen MR) is 61.1 cm³/mol. The predicted octanol–water partition coefficient (Wildman–Crippen LogP) is 0.0846. The molecule has 6 nitrogen and oxygen atoms in total. The molecule has 0 saturated heterocycles. The molecule has 2 heterocycles. The molecule has 1 aliphatic rings. The van der Waals surface area contributed by atoms with Gasteiger partial charge in [0.2, 0.25) is 5.88 Å². The summed E-state index contributed by atoms with van der Waals surface area (Å²) >= 11 is 0. The van der Waals surface area contributed by atoms with E-state index in [-0.39, 0.29) is 12.5 Å². The molecule has 1 aliphatic heterocycles. The zero-order valence-corrected chi connectivity index (χ0v) is 10.1. The Hall–Kier alpha value is -1.56. The van der Waals surface area contributed by atoms with Crippen molar-refractivity contribution in [2.24, 2.45) is 0 Å². The molecule has 17 heavy (non-hydrogen) atoms. The second-order valence-corrected chi connectivity index (χ2v) is 4.26. The van der Waals surface area contributed by atoms with Crippen molar-refractivity contribution in [3.05, 3.63) is 11.3 Å². The molecule has 1 aromatic heterocycles. The summed E-state index contributed by atoms with van der Waals surface area (Å²) in [5.74, 6) is 0.410. The molecule has 0 bridgehead atoms. The van der Waals surface area contributed by atoms with Gasteiger partial charge in [-0.05, 0) is 13.8 Å². The minimum atomic E-state index is -0.562. The van der Waals surface area contributed by atoms with Gasteiger partial charge in [-0.3, -0.25) is 4.79 Å². The van der Waals surface area contributed by atoms with Crippen LogP contribution in [0, 0.1) is 6.92 Å². The number of amides is 1. The van der Waals surface area contributed by atoms with Crippen LogP contribution in [0.15, 0.2) is 0 Å². The van der Waals surface area contributed by atoms with Crippen molar-refractivity contribution in [3.63, 3.8) is 0 Å². The molecule has 1 atom stereocenters. The zero-order chi connectivity index (χ0) is 12.4. The van der Waals surface area contributed by atoms with E-state index in [0.717, 1.165) is 18.5 Å². The molecule has 94 valence electrons. The standard InChI is InChI=1S/C11H17N3O3/c1-7(15)6-12-10(16)9-8(2)11-14(13-9)4-3-5-17-11/h7,15H,3-6H2,1-2H3,(H,12,16). The van der Waals surface area contributed by atoms with Crippen LogP contribution >= 0.6 is 0 Å². The molecule has 0 saturated carbocycles. The Labute approximate surface area is 99.6 Å². The topological polar surface area (TPSA) is 76.4 Å². The van der Waals surface area contributed by atoms with Crippen molar-refractivity contribution in [1.29, 1.82) is 0 Å². The molecule has 6 heteroatoms. The van der Waals surface area contributed by atoms with E-state index in [4.69, 9.17) is 9.84 Å². The van der Waals surface area contributed by atoms with Gasteiger partial charge >= 0.3 is 0 Å². The number of aliphatic hydroxyl groups excluding tert-OH is 1. The number of carbonyl (C=O) groups excluding carboxylic acids is 1. The molecule has 2 rings (SSSR count). The minimum absolute atomic E-state index is 0.224. The number of rotatable bonds is 3. The van der Waals surface area contributed by atoms with Crippen LogP contribution in [0.3, 0.4) is 0 Å². The van der Waals surface area contributed by atoms with Crippen LogP contribution in [-0.4, -0.2) is 40.0 Å². The fraction of sp³-hybridized carbons (Fsp3) is 0.636. The highest BCUT2D eigenvalue weighted by atomic mass is 16.5. The molecule has 2 N–H and O–H groups in total. The molecular formula is C11H17N3O3. The van der Waals surface area contributed by atoms with E-state index in [1.165, 1.54) is 0 Å². The van der Waals surface area contributed by atoms with Crippen molar-refractivity contribution < 1.29 is 14.6 Å². The summed E-state index contributed by atoms with van der Waals surface area (Å²) in [4.78, 5) is 11.8. The van der Waals surface area contributed by atoms with Gasteiger partial charge in [0.25, 0.3) is 5.91 Å². The first-order chi connectivity index (χ1) is 8.09. The van der Waals surface area contributed by atoms with E-state index in [2.05, 4.69) is 10.4 Å². The number of fused-ring (bicyclic) bond motifs is 1. The molecule has 0 radical (unpaired) electrons. The first-order valence-electron chi connectivity index (χ1n) is 5.76. The summed E-state index contributed by atoms with van der Waals surface area (Å²) in [5, 5.41) is 16.0. The fourth-order valence-electron chi connectivity index (χ4n) is 1.79. The van der Waals surface area contributed by atoms with Crippen LogP contribution in [-0.2, 0) is 6.54 Å². The molecule has 1 unspecified atom stereocenters. The maximum atomic E-state index is 11.8. The van der Waals surface area contributed by atoms with Gasteiger partial charge in [0.1, 0.15) is 0 Å². The number of ether oxygens (including phenoxy) is 1. The lowest BCUT2D eigenvalue weighted by Gasteiger charge is -2.14. The number of hydrogen-bond acceptors (Lipinski definition) is 4. The number of nitrogens with one attached hydrogen (secondary N) is 1. The fourth-order valence-corrected chi connectivity index (χ4v) is 1.79. The average molecular weight is 239 g/mol. The summed E-state index contributed by atoms with van der Waals surface area (Å²) in [6, 6.07) is 0.